The molecule has 0 aromatic heterocycles. The topological polar surface area (TPSA) is 58.6 Å². The van der Waals surface area contributed by atoms with Crippen LogP contribution in [0, 0.1) is 5.41 Å². The van der Waals surface area contributed by atoms with Gasteiger partial charge in [0.15, 0.2) is 0 Å². The summed E-state index contributed by atoms with van der Waals surface area (Å²) in [6.45, 7) is 11.1. The van der Waals surface area contributed by atoms with Gasteiger partial charge in [0.1, 0.15) is 0 Å². The van der Waals surface area contributed by atoms with Gasteiger partial charge in [-0.15, -0.1) is 0 Å². The van der Waals surface area contributed by atoms with Gasteiger partial charge in [-0.25, -0.2) is 4.79 Å². The van der Waals surface area contributed by atoms with Crippen molar-refractivity contribution in [2.75, 3.05) is 26.3 Å². The van der Waals surface area contributed by atoms with Gasteiger partial charge in [0.25, 0.3) is 0 Å². The van der Waals surface area contributed by atoms with Crippen LogP contribution in [0.25, 0.3) is 0 Å². The molecule has 100 valence electrons. The number of nitrogens with one attached hydrogen (secondary N) is 1. The lowest BCUT2D eigenvalue weighted by atomic mass is 9.83. The van der Waals surface area contributed by atoms with Gasteiger partial charge >= 0.3 is 5.97 Å². The molecule has 4 nitrogen and oxygen atoms in total. The van der Waals surface area contributed by atoms with Crippen molar-refractivity contribution >= 4 is 5.97 Å². The van der Waals surface area contributed by atoms with Crippen LogP contribution in [0.2, 0.25) is 0 Å². The first-order valence-corrected chi connectivity index (χ1v) is 6.21. The van der Waals surface area contributed by atoms with Gasteiger partial charge in [0, 0.05) is 30.7 Å². The highest BCUT2D eigenvalue weighted by Crippen LogP contribution is 2.24. The molecule has 17 heavy (non-hydrogen) atoms. The summed E-state index contributed by atoms with van der Waals surface area (Å²) < 4.78 is 4.84. The minimum atomic E-state index is -0.359. The van der Waals surface area contributed by atoms with Crippen molar-refractivity contribution in [2.45, 2.75) is 33.6 Å². The second-order valence-corrected chi connectivity index (χ2v) is 4.29. The molecule has 0 aliphatic rings. The van der Waals surface area contributed by atoms with Crippen molar-refractivity contribution in [1.82, 2.24) is 5.32 Å². The Balaban J connectivity index is 4.05. The Morgan fingerprint density at radius 3 is 2.35 bits per heavy atom. The summed E-state index contributed by atoms with van der Waals surface area (Å²) in [5.41, 5.74) is 0.320. The Bertz CT molecular complexity index is 239. The predicted molar refractivity (Wildman–Crippen MR) is 68.7 cm³/mol. The van der Waals surface area contributed by atoms with Crippen LogP contribution < -0.4 is 5.32 Å². The van der Waals surface area contributed by atoms with Gasteiger partial charge in [-0.1, -0.05) is 20.4 Å². The van der Waals surface area contributed by atoms with Gasteiger partial charge in [-0.05, 0) is 19.8 Å². The molecule has 0 fully saturated rings. The Morgan fingerprint density at radius 1 is 1.35 bits per heavy atom. The van der Waals surface area contributed by atoms with E-state index in [0.29, 0.717) is 25.3 Å². The number of hydrogen-bond donors (Lipinski definition) is 2. The Labute approximate surface area is 104 Å². The number of hydrogen-bond acceptors (Lipinski definition) is 4. The maximum atomic E-state index is 11.3. The third-order valence-corrected chi connectivity index (χ3v) is 3.24. The summed E-state index contributed by atoms with van der Waals surface area (Å²) in [7, 11) is 0. The summed E-state index contributed by atoms with van der Waals surface area (Å²) in [5, 5.41) is 12.5. The van der Waals surface area contributed by atoms with Crippen LogP contribution in [-0.4, -0.2) is 37.4 Å². The van der Waals surface area contributed by atoms with Gasteiger partial charge in [0.05, 0.1) is 6.61 Å². The van der Waals surface area contributed by atoms with Crippen molar-refractivity contribution < 1.29 is 14.6 Å². The maximum Gasteiger partial charge on any atom is 0.334 e. The molecule has 0 bridgehead atoms. The summed E-state index contributed by atoms with van der Waals surface area (Å²) in [5.74, 6) is -0.359. The lowest BCUT2D eigenvalue weighted by Gasteiger charge is -2.29. The SMILES string of the molecule is C=C(CNCC(CC)(CC)CO)C(=O)OCC. The predicted octanol–water partition coefficient (Wildman–Crippen LogP) is 1.49. The molecule has 0 radical (unpaired) electrons. The molecular weight excluding hydrogens is 218 g/mol. The van der Waals surface area contributed by atoms with Crippen LogP contribution in [0.15, 0.2) is 12.2 Å². The number of carbonyl (C=O) groups is 1. The summed E-state index contributed by atoms with van der Waals surface area (Å²) in [6.07, 6.45) is 1.80. The number of rotatable bonds is 9. The van der Waals surface area contributed by atoms with Crippen LogP contribution in [0.4, 0.5) is 0 Å². The number of aliphatic hydroxyl groups excluding tert-OH is 1. The minimum Gasteiger partial charge on any atom is -0.463 e. The molecule has 0 saturated carbocycles. The molecular formula is C13H25NO3. The molecule has 0 saturated heterocycles. The van der Waals surface area contributed by atoms with Gasteiger partial charge in [0.2, 0.25) is 0 Å². The second kappa shape index (κ2) is 8.25. The fourth-order valence-electron chi connectivity index (χ4n) is 1.56. The highest BCUT2D eigenvalue weighted by atomic mass is 16.5. The third kappa shape index (κ3) is 5.33. The largest absolute Gasteiger partial charge is 0.463 e. The summed E-state index contributed by atoms with van der Waals surface area (Å²) >= 11 is 0. The number of esters is 1. The number of aliphatic hydroxyl groups is 1. The van der Waals surface area contributed by atoms with Crippen molar-refractivity contribution in [2.24, 2.45) is 5.41 Å². The number of carbonyl (C=O) groups excluding carboxylic acids is 1. The van der Waals surface area contributed by atoms with Crippen molar-refractivity contribution in [3.8, 4) is 0 Å². The van der Waals surface area contributed by atoms with E-state index in [1.54, 1.807) is 6.92 Å². The molecule has 0 aliphatic carbocycles. The van der Waals surface area contributed by atoms with E-state index in [0.717, 1.165) is 12.8 Å². The van der Waals surface area contributed by atoms with Crippen LogP contribution in [0.3, 0.4) is 0 Å². The first-order valence-electron chi connectivity index (χ1n) is 6.21. The Morgan fingerprint density at radius 2 is 1.94 bits per heavy atom. The first-order chi connectivity index (χ1) is 8.05. The van der Waals surface area contributed by atoms with Crippen LogP contribution in [0.5, 0.6) is 0 Å². The fraction of sp³-hybridized carbons (Fsp3) is 0.769. The molecule has 0 spiro atoms. The molecule has 0 heterocycles. The zero-order valence-corrected chi connectivity index (χ0v) is 11.2. The molecule has 0 rings (SSSR count). The van der Waals surface area contributed by atoms with E-state index in [1.165, 1.54) is 0 Å². The average molecular weight is 243 g/mol. The van der Waals surface area contributed by atoms with Crippen LogP contribution in [-0.2, 0) is 9.53 Å². The van der Waals surface area contributed by atoms with Crippen molar-refractivity contribution in [1.29, 1.82) is 0 Å². The second-order valence-electron chi connectivity index (χ2n) is 4.29. The quantitative estimate of drug-likeness (QED) is 0.476. The third-order valence-electron chi connectivity index (χ3n) is 3.24. The van der Waals surface area contributed by atoms with Crippen LogP contribution in [0.1, 0.15) is 33.6 Å². The molecule has 0 amide bonds. The highest BCUT2D eigenvalue weighted by Gasteiger charge is 2.24. The monoisotopic (exact) mass is 243 g/mol. The van der Waals surface area contributed by atoms with Gasteiger partial charge < -0.3 is 15.2 Å². The van der Waals surface area contributed by atoms with Gasteiger partial charge in [-0.2, -0.15) is 0 Å². The molecule has 2 N–H and O–H groups in total. The van der Waals surface area contributed by atoms with E-state index < -0.39 is 0 Å². The van der Waals surface area contributed by atoms with E-state index in [-0.39, 0.29) is 18.0 Å². The molecule has 0 atom stereocenters. The Hall–Kier alpha value is -0.870. The minimum absolute atomic E-state index is 0.102. The van der Waals surface area contributed by atoms with E-state index in [9.17, 15) is 9.90 Å². The summed E-state index contributed by atoms with van der Waals surface area (Å²) in [4.78, 5) is 11.3. The molecule has 0 aliphatic heterocycles. The Kier molecular flexibility index (Phi) is 7.83. The maximum absolute atomic E-state index is 11.3. The van der Waals surface area contributed by atoms with Crippen LogP contribution >= 0.6 is 0 Å². The smallest absolute Gasteiger partial charge is 0.334 e. The molecule has 0 aromatic rings. The van der Waals surface area contributed by atoms with E-state index in [1.807, 2.05) is 0 Å². The van der Waals surface area contributed by atoms with Crippen molar-refractivity contribution in [3.63, 3.8) is 0 Å². The fourth-order valence-corrected chi connectivity index (χ4v) is 1.56. The number of ether oxygens (including phenoxy) is 1. The molecule has 4 heteroatoms. The standard InChI is InChI=1S/C13H25NO3/c1-5-13(6-2,10-15)9-14-8-11(4)12(16)17-7-3/h14-15H,4-10H2,1-3H3. The first kappa shape index (κ1) is 16.1. The summed E-state index contributed by atoms with van der Waals surface area (Å²) in [6, 6.07) is 0. The van der Waals surface area contributed by atoms with Crippen molar-refractivity contribution in [3.05, 3.63) is 12.2 Å². The lowest BCUT2D eigenvalue weighted by Crippen LogP contribution is -2.37. The van der Waals surface area contributed by atoms with Gasteiger partial charge in [-0.3, -0.25) is 0 Å². The molecule has 0 aromatic carbocycles. The molecule has 0 unspecified atom stereocenters. The van der Waals surface area contributed by atoms with E-state index >= 15 is 0 Å². The van der Waals surface area contributed by atoms with E-state index in [2.05, 4.69) is 25.7 Å². The van der Waals surface area contributed by atoms with E-state index in [4.69, 9.17) is 4.74 Å². The zero-order chi connectivity index (χ0) is 13.3. The lowest BCUT2D eigenvalue weighted by molar-refractivity contribution is -0.138. The average Bonchev–Trinajstić information content (AvgIpc) is 2.35. The normalized spacial score (nSPS) is 11.3. The zero-order valence-electron chi connectivity index (χ0n) is 11.2. The highest BCUT2D eigenvalue weighted by molar-refractivity contribution is 5.88.